The summed E-state index contributed by atoms with van der Waals surface area (Å²) in [6.45, 7) is 9.89. The average molecular weight is 225 g/mol. The monoisotopic (exact) mass is 225 g/mol. The van der Waals surface area contributed by atoms with Crippen LogP contribution in [0.3, 0.4) is 0 Å². The minimum Gasteiger partial charge on any atom is -0.315 e. The van der Waals surface area contributed by atoms with Gasteiger partial charge >= 0.3 is 0 Å². The van der Waals surface area contributed by atoms with Crippen LogP contribution < -0.4 is 5.32 Å². The van der Waals surface area contributed by atoms with Crippen LogP contribution in [0, 0.1) is 5.92 Å². The molecule has 2 atom stereocenters. The second kappa shape index (κ2) is 5.99. The zero-order valence-corrected chi connectivity index (χ0v) is 10.9. The Hall–Kier alpha value is -0.120. The minimum absolute atomic E-state index is 0.756. The van der Waals surface area contributed by atoms with Gasteiger partial charge in [0.25, 0.3) is 0 Å². The molecule has 0 aromatic carbocycles. The van der Waals surface area contributed by atoms with Gasteiger partial charge in [0.05, 0.1) is 0 Å². The molecule has 0 amide bonds. The standard InChI is InChI=1S/C13H27N3/c1-12-9-13(11-14-10-12)15(2)7-8-16-5-3-4-6-16/h12-14H,3-11H2,1-2H3. The largest absolute Gasteiger partial charge is 0.315 e. The Morgan fingerprint density at radius 2 is 2.00 bits per heavy atom. The molecule has 1 N–H and O–H groups in total. The Balaban J connectivity index is 1.67. The Morgan fingerprint density at radius 3 is 2.69 bits per heavy atom. The minimum atomic E-state index is 0.756. The van der Waals surface area contributed by atoms with E-state index in [9.17, 15) is 0 Å². The lowest BCUT2D eigenvalue weighted by atomic mass is 9.97. The highest BCUT2D eigenvalue weighted by molar-refractivity contribution is 4.80. The van der Waals surface area contributed by atoms with Crippen molar-refractivity contribution in [1.29, 1.82) is 0 Å². The second-order valence-electron chi connectivity index (χ2n) is 5.68. The van der Waals surface area contributed by atoms with E-state index in [1.807, 2.05) is 0 Å². The van der Waals surface area contributed by atoms with E-state index in [4.69, 9.17) is 0 Å². The number of piperidine rings is 1. The van der Waals surface area contributed by atoms with E-state index in [0.717, 1.165) is 12.0 Å². The molecule has 3 nitrogen and oxygen atoms in total. The summed E-state index contributed by atoms with van der Waals surface area (Å²) in [7, 11) is 2.29. The van der Waals surface area contributed by atoms with E-state index in [1.165, 1.54) is 58.5 Å². The van der Waals surface area contributed by atoms with Crippen LogP contribution >= 0.6 is 0 Å². The zero-order valence-electron chi connectivity index (χ0n) is 10.9. The first-order valence-corrected chi connectivity index (χ1v) is 6.89. The fourth-order valence-corrected chi connectivity index (χ4v) is 2.95. The van der Waals surface area contributed by atoms with Crippen molar-refractivity contribution < 1.29 is 0 Å². The lowest BCUT2D eigenvalue weighted by Gasteiger charge is -2.35. The molecule has 16 heavy (non-hydrogen) atoms. The number of likely N-dealkylation sites (N-methyl/N-ethyl adjacent to an activating group) is 1. The molecular weight excluding hydrogens is 198 g/mol. The van der Waals surface area contributed by atoms with E-state index >= 15 is 0 Å². The van der Waals surface area contributed by atoms with Gasteiger partial charge in [-0.1, -0.05) is 6.92 Å². The van der Waals surface area contributed by atoms with E-state index in [-0.39, 0.29) is 0 Å². The Labute approximate surface area is 100 Å². The van der Waals surface area contributed by atoms with Gasteiger partial charge in [-0.15, -0.1) is 0 Å². The summed E-state index contributed by atoms with van der Waals surface area (Å²) in [5.41, 5.74) is 0. The number of nitrogens with one attached hydrogen (secondary N) is 1. The van der Waals surface area contributed by atoms with Gasteiger partial charge in [-0.25, -0.2) is 0 Å². The molecule has 2 aliphatic heterocycles. The van der Waals surface area contributed by atoms with E-state index in [0.29, 0.717) is 0 Å². The van der Waals surface area contributed by atoms with Crippen molar-refractivity contribution in [2.45, 2.75) is 32.2 Å². The van der Waals surface area contributed by atoms with Crippen molar-refractivity contribution >= 4 is 0 Å². The van der Waals surface area contributed by atoms with Crippen molar-refractivity contribution in [1.82, 2.24) is 15.1 Å². The maximum absolute atomic E-state index is 3.54. The topological polar surface area (TPSA) is 18.5 Å². The number of likely N-dealkylation sites (tertiary alicyclic amines) is 1. The first-order chi connectivity index (χ1) is 7.75. The second-order valence-corrected chi connectivity index (χ2v) is 5.68. The molecule has 0 radical (unpaired) electrons. The van der Waals surface area contributed by atoms with Gasteiger partial charge in [0.15, 0.2) is 0 Å². The zero-order chi connectivity index (χ0) is 11.4. The van der Waals surface area contributed by atoms with Crippen molar-refractivity contribution in [3.63, 3.8) is 0 Å². The molecule has 0 saturated carbocycles. The third-order valence-corrected chi connectivity index (χ3v) is 4.14. The van der Waals surface area contributed by atoms with Crippen LogP contribution in [0.4, 0.5) is 0 Å². The van der Waals surface area contributed by atoms with Crippen molar-refractivity contribution in [3.05, 3.63) is 0 Å². The van der Waals surface area contributed by atoms with Gasteiger partial charge in [0, 0.05) is 25.7 Å². The molecule has 0 aromatic rings. The summed E-state index contributed by atoms with van der Waals surface area (Å²) in [6, 6.07) is 0.756. The van der Waals surface area contributed by atoms with Crippen LogP contribution in [-0.4, -0.2) is 62.2 Å². The summed E-state index contributed by atoms with van der Waals surface area (Å²) in [5.74, 6) is 0.841. The molecule has 2 heterocycles. The third-order valence-electron chi connectivity index (χ3n) is 4.14. The fourth-order valence-electron chi connectivity index (χ4n) is 2.95. The van der Waals surface area contributed by atoms with E-state index < -0.39 is 0 Å². The van der Waals surface area contributed by atoms with Gasteiger partial charge in [-0.3, -0.25) is 0 Å². The smallest absolute Gasteiger partial charge is 0.0221 e. The number of hydrogen-bond donors (Lipinski definition) is 1. The number of rotatable bonds is 4. The Kier molecular flexibility index (Phi) is 4.62. The summed E-state index contributed by atoms with van der Waals surface area (Å²) < 4.78 is 0. The van der Waals surface area contributed by atoms with Gasteiger partial charge < -0.3 is 15.1 Å². The SMILES string of the molecule is CC1CNCC(N(C)CCN2CCCC2)C1. The third kappa shape index (κ3) is 3.44. The molecular formula is C13H27N3. The van der Waals surface area contributed by atoms with Crippen molar-refractivity contribution in [3.8, 4) is 0 Å². The van der Waals surface area contributed by atoms with Crippen LogP contribution in [0.5, 0.6) is 0 Å². The van der Waals surface area contributed by atoms with Gasteiger partial charge in [-0.05, 0) is 51.9 Å². The average Bonchev–Trinajstić information content (AvgIpc) is 2.78. The summed E-state index contributed by atoms with van der Waals surface area (Å²) in [5, 5.41) is 3.54. The normalized spacial score (nSPS) is 32.4. The summed E-state index contributed by atoms with van der Waals surface area (Å²) >= 11 is 0. The molecule has 2 aliphatic rings. The maximum Gasteiger partial charge on any atom is 0.0221 e. The lowest BCUT2D eigenvalue weighted by Crippen LogP contribution is -2.48. The summed E-state index contributed by atoms with van der Waals surface area (Å²) in [6.07, 6.45) is 4.18. The number of nitrogens with zero attached hydrogens (tertiary/aromatic N) is 2. The fraction of sp³-hybridized carbons (Fsp3) is 1.00. The molecule has 94 valence electrons. The van der Waals surface area contributed by atoms with Gasteiger partial charge in [0.1, 0.15) is 0 Å². The highest BCUT2D eigenvalue weighted by Gasteiger charge is 2.22. The predicted molar refractivity (Wildman–Crippen MR) is 68.7 cm³/mol. The highest BCUT2D eigenvalue weighted by atomic mass is 15.2. The Bertz CT molecular complexity index is 201. The van der Waals surface area contributed by atoms with Gasteiger partial charge in [-0.2, -0.15) is 0 Å². The van der Waals surface area contributed by atoms with Crippen LogP contribution in [0.1, 0.15) is 26.2 Å². The number of hydrogen-bond acceptors (Lipinski definition) is 3. The molecule has 2 fully saturated rings. The quantitative estimate of drug-likeness (QED) is 0.770. The molecule has 0 aliphatic carbocycles. The maximum atomic E-state index is 3.54. The first kappa shape index (κ1) is 12.3. The summed E-state index contributed by atoms with van der Waals surface area (Å²) in [4.78, 5) is 5.16. The molecule has 2 rings (SSSR count). The molecule has 0 aromatic heterocycles. The molecule has 2 saturated heterocycles. The van der Waals surface area contributed by atoms with E-state index in [1.54, 1.807) is 0 Å². The van der Waals surface area contributed by atoms with Gasteiger partial charge in [0.2, 0.25) is 0 Å². The highest BCUT2D eigenvalue weighted by Crippen LogP contribution is 2.14. The lowest BCUT2D eigenvalue weighted by molar-refractivity contribution is 0.159. The van der Waals surface area contributed by atoms with Crippen molar-refractivity contribution in [2.24, 2.45) is 5.92 Å². The van der Waals surface area contributed by atoms with Crippen LogP contribution in [0.15, 0.2) is 0 Å². The molecule has 0 bridgehead atoms. The van der Waals surface area contributed by atoms with Crippen LogP contribution in [0.25, 0.3) is 0 Å². The predicted octanol–water partition coefficient (Wildman–Crippen LogP) is 1.01. The molecule has 2 unspecified atom stereocenters. The molecule has 3 heteroatoms. The molecule has 0 spiro atoms. The first-order valence-electron chi connectivity index (χ1n) is 6.89. The van der Waals surface area contributed by atoms with Crippen LogP contribution in [0.2, 0.25) is 0 Å². The van der Waals surface area contributed by atoms with Crippen LogP contribution in [-0.2, 0) is 0 Å². The van der Waals surface area contributed by atoms with E-state index in [2.05, 4.69) is 29.1 Å². The van der Waals surface area contributed by atoms with Crippen molar-refractivity contribution in [2.75, 3.05) is 46.3 Å². The Morgan fingerprint density at radius 1 is 1.25 bits per heavy atom.